The van der Waals surface area contributed by atoms with Gasteiger partial charge in [-0.25, -0.2) is 4.79 Å². The van der Waals surface area contributed by atoms with Gasteiger partial charge in [-0.15, -0.1) is 0 Å². The fourth-order valence-electron chi connectivity index (χ4n) is 1.25. The van der Waals surface area contributed by atoms with Crippen LogP contribution >= 0.6 is 0 Å². The molecule has 0 bridgehead atoms. The Kier molecular flexibility index (Phi) is 5.81. The predicted molar refractivity (Wildman–Crippen MR) is 72.2 cm³/mol. The van der Waals surface area contributed by atoms with Gasteiger partial charge in [-0.05, 0) is 38.1 Å². The third kappa shape index (κ3) is 5.87. The van der Waals surface area contributed by atoms with Crippen LogP contribution in [0.15, 0.2) is 24.3 Å². The molecular weight excluding hydrogens is 248 g/mol. The van der Waals surface area contributed by atoms with Gasteiger partial charge in [0.05, 0.1) is 13.2 Å². The van der Waals surface area contributed by atoms with Gasteiger partial charge in [0.2, 0.25) is 5.91 Å². The van der Waals surface area contributed by atoms with Crippen LogP contribution in [0.4, 0.5) is 16.2 Å². The van der Waals surface area contributed by atoms with E-state index in [4.69, 9.17) is 4.74 Å². The lowest BCUT2D eigenvalue weighted by Gasteiger charge is -2.09. The fourth-order valence-corrected chi connectivity index (χ4v) is 1.25. The van der Waals surface area contributed by atoms with E-state index in [1.165, 1.54) is 7.11 Å². The summed E-state index contributed by atoms with van der Waals surface area (Å²) in [5.41, 5.74) is 1.22. The third-order valence-electron chi connectivity index (χ3n) is 2.15. The van der Waals surface area contributed by atoms with Gasteiger partial charge in [0.15, 0.2) is 0 Å². The van der Waals surface area contributed by atoms with Crippen molar-refractivity contribution in [1.82, 2.24) is 0 Å². The molecule has 0 radical (unpaired) electrons. The molecule has 1 aromatic carbocycles. The molecule has 0 spiro atoms. The molecular formula is C13H18N2O4. The smallest absolute Gasteiger partial charge is 0.411 e. The minimum absolute atomic E-state index is 0.0115. The first-order chi connectivity index (χ1) is 9.01. The Morgan fingerprint density at radius 2 is 1.63 bits per heavy atom. The average Bonchev–Trinajstić information content (AvgIpc) is 2.38. The van der Waals surface area contributed by atoms with Crippen molar-refractivity contribution in [2.45, 2.75) is 20.0 Å². The van der Waals surface area contributed by atoms with Gasteiger partial charge in [-0.3, -0.25) is 10.1 Å². The van der Waals surface area contributed by atoms with Gasteiger partial charge >= 0.3 is 6.09 Å². The van der Waals surface area contributed by atoms with E-state index in [0.717, 1.165) is 0 Å². The SMILES string of the molecule is COC(=O)Nc1ccc(NC(=O)COC(C)C)cc1. The highest BCUT2D eigenvalue weighted by molar-refractivity contribution is 5.92. The van der Waals surface area contributed by atoms with E-state index < -0.39 is 6.09 Å². The molecule has 19 heavy (non-hydrogen) atoms. The molecule has 0 saturated heterocycles. The number of carbonyl (C=O) groups excluding carboxylic acids is 2. The number of anilines is 2. The minimum atomic E-state index is -0.540. The van der Waals surface area contributed by atoms with Crippen molar-refractivity contribution in [3.05, 3.63) is 24.3 Å². The summed E-state index contributed by atoms with van der Waals surface area (Å²) in [6, 6.07) is 6.68. The average molecular weight is 266 g/mol. The molecule has 0 saturated carbocycles. The van der Waals surface area contributed by atoms with E-state index in [1.807, 2.05) is 13.8 Å². The Labute approximate surface area is 112 Å². The molecule has 1 aromatic rings. The quantitative estimate of drug-likeness (QED) is 0.856. The van der Waals surface area contributed by atoms with Gasteiger partial charge in [-0.1, -0.05) is 0 Å². The Balaban J connectivity index is 2.47. The third-order valence-corrected chi connectivity index (χ3v) is 2.15. The van der Waals surface area contributed by atoms with Crippen molar-refractivity contribution in [2.24, 2.45) is 0 Å². The summed E-state index contributed by atoms with van der Waals surface area (Å²) in [5, 5.41) is 5.20. The molecule has 0 aliphatic rings. The molecule has 0 aliphatic carbocycles. The molecule has 104 valence electrons. The van der Waals surface area contributed by atoms with Crippen LogP contribution in [0.5, 0.6) is 0 Å². The van der Waals surface area contributed by atoms with E-state index in [0.29, 0.717) is 11.4 Å². The zero-order chi connectivity index (χ0) is 14.3. The molecule has 6 heteroatoms. The fraction of sp³-hybridized carbons (Fsp3) is 0.385. The standard InChI is InChI=1S/C13H18N2O4/c1-9(2)19-8-12(16)14-10-4-6-11(7-5-10)15-13(17)18-3/h4-7,9H,8H2,1-3H3,(H,14,16)(H,15,17). The van der Waals surface area contributed by atoms with Crippen molar-refractivity contribution < 1.29 is 19.1 Å². The van der Waals surface area contributed by atoms with Crippen LogP contribution < -0.4 is 10.6 Å². The van der Waals surface area contributed by atoms with Crippen molar-refractivity contribution in [1.29, 1.82) is 0 Å². The van der Waals surface area contributed by atoms with Crippen LogP contribution in [0.1, 0.15) is 13.8 Å². The Morgan fingerprint density at radius 1 is 1.11 bits per heavy atom. The summed E-state index contributed by atoms with van der Waals surface area (Å²) in [7, 11) is 1.29. The second kappa shape index (κ2) is 7.38. The van der Waals surface area contributed by atoms with Gasteiger partial charge in [-0.2, -0.15) is 0 Å². The van der Waals surface area contributed by atoms with Crippen LogP contribution in [0.3, 0.4) is 0 Å². The van der Waals surface area contributed by atoms with Gasteiger partial charge in [0.1, 0.15) is 6.61 Å². The monoisotopic (exact) mass is 266 g/mol. The second-order valence-electron chi connectivity index (χ2n) is 4.10. The molecule has 1 rings (SSSR count). The molecule has 0 aliphatic heterocycles. The zero-order valence-electron chi connectivity index (χ0n) is 11.2. The normalized spacial score (nSPS) is 10.1. The van der Waals surface area contributed by atoms with E-state index >= 15 is 0 Å². The Hall–Kier alpha value is -2.08. The zero-order valence-corrected chi connectivity index (χ0v) is 11.2. The highest BCUT2D eigenvalue weighted by Crippen LogP contribution is 2.13. The topological polar surface area (TPSA) is 76.7 Å². The van der Waals surface area contributed by atoms with E-state index in [2.05, 4.69) is 15.4 Å². The number of ether oxygens (including phenoxy) is 2. The summed E-state index contributed by atoms with van der Waals surface area (Å²) in [5.74, 6) is -0.220. The number of benzene rings is 1. The molecule has 6 nitrogen and oxygen atoms in total. The lowest BCUT2D eigenvalue weighted by atomic mass is 10.3. The van der Waals surface area contributed by atoms with E-state index in [1.54, 1.807) is 24.3 Å². The van der Waals surface area contributed by atoms with Gasteiger partial charge in [0, 0.05) is 11.4 Å². The molecule has 2 N–H and O–H groups in total. The lowest BCUT2D eigenvalue weighted by Crippen LogP contribution is -2.20. The number of rotatable bonds is 5. The summed E-state index contributed by atoms with van der Waals surface area (Å²) in [6.45, 7) is 3.74. The number of hydrogen-bond acceptors (Lipinski definition) is 4. The highest BCUT2D eigenvalue weighted by Gasteiger charge is 2.05. The largest absolute Gasteiger partial charge is 0.453 e. The Bertz CT molecular complexity index is 429. The van der Waals surface area contributed by atoms with Crippen LogP contribution in [0, 0.1) is 0 Å². The van der Waals surface area contributed by atoms with Crippen molar-refractivity contribution in [3.8, 4) is 0 Å². The van der Waals surface area contributed by atoms with E-state index in [-0.39, 0.29) is 18.6 Å². The molecule has 2 amide bonds. The Morgan fingerprint density at radius 3 is 2.11 bits per heavy atom. The number of carbonyl (C=O) groups is 2. The number of methoxy groups -OCH3 is 1. The minimum Gasteiger partial charge on any atom is -0.453 e. The van der Waals surface area contributed by atoms with Crippen molar-refractivity contribution in [2.75, 3.05) is 24.4 Å². The first-order valence-electron chi connectivity index (χ1n) is 5.87. The van der Waals surface area contributed by atoms with Crippen LogP contribution in [-0.2, 0) is 14.3 Å². The lowest BCUT2D eigenvalue weighted by molar-refractivity contribution is -0.121. The van der Waals surface area contributed by atoms with E-state index in [9.17, 15) is 9.59 Å². The number of nitrogens with one attached hydrogen (secondary N) is 2. The van der Waals surface area contributed by atoms with Crippen molar-refractivity contribution >= 4 is 23.4 Å². The molecule has 0 heterocycles. The van der Waals surface area contributed by atoms with Gasteiger partial charge in [0.25, 0.3) is 0 Å². The summed E-state index contributed by atoms with van der Waals surface area (Å²) < 4.78 is 9.65. The van der Waals surface area contributed by atoms with Crippen LogP contribution in [0.2, 0.25) is 0 Å². The maximum absolute atomic E-state index is 11.5. The number of hydrogen-bond donors (Lipinski definition) is 2. The van der Waals surface area contributed by atoms with Crippen molar-refractivity contribution in [3.63, 3.8) is 0 Å². The van der Waals surface area contributed by atoms with Crippen LogP contribution in [0.25, 0.3) is 0 Å². The number of amides is 2. The summed E-state index contributed by atoms with van der Waals surface area (Å²) in [6.07, 6.45) is -0.528. The summed E-state index contributed by atoms with van der Waals surface area (Å²) in [4.78, 5) is 22.5. The molecule has 0 atom stereocenters. The molecule has 0 fully saturated rings. The van der Waals surface area contributed by atoms with Gasteiger partial charge < -0.3 is 14.8 Å². The maximum Gasteiger partial charge on any atom is 0.411 e. The van der Waals surface area contributed by atoms with Crippen LogP contribution in [-0.4, -0.2) is 31.8 Å². The first kappa shape index (κ1) is 15.0. The molecule has 0 aromatic heterocycles. The predicted octanol–water partition coefficient (Wildman–Crippen LogP) is 2.23. The molecule has 0 unspecified atom stereocenters. The summed E-state index contributed by atoms with van der Waals surface area (Å²) >= 11 is 0. The first-order valence-corrected chi connectivity index (χ1v) is 5.87. The highest BCUT2D eigenvalue weighted by atomic mass is 16.5. The second-order valence-corrected chi connectivity index (χ2v) is 4.10. The maximum atomic E-state index is 11.5.